The maximum atomic E-state index is 14.1. The number of amides is 2. The zero-order chi connectivity index (χ0) is 30.8. The molecule has 2 amide bonds. The van der Waals surface area contributed by atoms with Gasteiger partial charge in [-0.2, -0.15) is 0 Å². The average molecular weight is 597 g/mol. The van der Waals surface area contributed by atoms with Gasteiger partial charge in [0.25, 0.3) is 0 Å². The number of allylic oxidation sites excluding steroid dienone is 2. The van der Waals surface area contributed by atoms with E-state index in [0.29, 0.717) is 18.9 Å². The number of aromatic hydroxyl groups is 1. The molecule has 1 aliphatic carbocycles. The van der Waals surface area contributed by atoms with Gasteiger partial charge in [-0.15, -0.1) is 0 Å². The minimum atomic E-state index is -0.287. The largest absolute Gasteiger partial charge is 0.508 e. The molecule has 0 spiro atoms. The van der Waals surface area contributed by atoms with Crippen molar-refractivity contribution >= 4 is 17.9 Å². The number of benzene rings is 2. The predicted octanol–water partition coefficient (Wildman–Crippen LogP) is 6.99. The van der Waals surface area contributed by atoms with Crippen molar-refractivity contribution in [3.63, 3.8) is 0 Å². The topological polar surface area (TPSA) is 70.1 Å². The Balaban J connectivity index is 1.15. The van der Waals surface area contributed by atoms with Gasteiger partial charge in [0.2, 0.25) is 11.8 Å². The van der Waals surface area contributed by atoms with E-state index in [1.54, 1.807) is 17.0 Å². The van der Waals surface area contributed by atoms with Crippen LogP contribution in [0, 0.1) is 23.7 Å². The van der Waals surface area contributed by atoms with Crippen molar-refractivity contribution in [2.75, 3.05) is 19.7 Å². The minimum Gasteiger partial charge on any atom is -0.508 e. The van der Waals surface area contributed by atoms with Crippen LogP contribution in [0.5, 0.6) is 5.75 Å². The minimum absolute atomic E-state index is 0.000412. The first-order valence-corrected chi connectivity index (χ1v) is 16.8. The molecule has 0 aromatic heterocycles. The lowest BCUT2D eigenvalue weighted by Gasteiger charge is -2.36. The normalized spacial score (nSPS) is 26.5. The Morgan fingerprint density at radius 1 is 1.00 bits per heavy atom. The number of likely N-dealkylation sites (tertiary alicyclic amines) is 2. The number of imide groups is 1. The van der Waals surface area contributed by atoms with Crippen LogP contribution in [-0.2, 0) is 20.9 Å². The van der Waals surface area contributed by atoms with Crippen molar-refractivity contribution in [1.29, 1.82) is 0 Å². The van der Waals surface area contributed by atoms with Crippen LogP contribution in [0.4, 0.5) is 0 Å². The molecule has 3 heterocycles. The monoisotopic (exact) mass is 596 g/mol. The maximum Gasteiger partial charge on any atom is 0.234 e. The van der Waals surface area contributed by atoms with Gasteiger partial charge in [-0.1, -0.05) is 86.9 Å². The maximum absolute atomic E-state index is 14.1. The number of fused-ring (bicyclic) bond motifs is 3. The third kappa shape index (κ3) is 6.29. The third-order valence-electron chi connectivity index (χ3n) is 10.4. The number of ether oxygens (including phenoxy) is 1. The summed E-state index contributed by atoms with van der Waals surface area (Å²) in [7, 11) is 0. The molecule has 2 aromatic carbocycles. The summed E-state index contributed by atoms with van der Waals surface area (Å²) in [4.78, 5) is 32.2. The van der Waals surface area contributed by atoms with Crippen molar-refractivity contribution in [2.45, 2.75) is 84.4 Å². The molecular weight excluding hydrogens is 548 g/mol. The summed E-state index contributed by atoms with van der Waals surface area (Å²) in [6.45, 7) is 9.88. The number of hydrogen-bond donors (Lipinski definition) is 1. The molecule has 44 heavy (non-hydrogen) atoms. The van der Waals surface area contributed by atoms with E-state index >= 15 is 0 Å². The second kappa shape index (κ2) is 13.4. The Morgan fingerprint density at radius 3 is 2.48 bits per heavy atom. The molecule has 234 valence electrons. The quantitative estimate of drug-likeness (QED) is 0.236. The van der Waals surface area contributed by atoms with Crippen molar-refractivity contribution in [1.82, 2.24) is 9.80 Å². The van der Waals surface area contributed by atoms with E-state index in [4.69, 9.17) is 4.74 Å². The molecule has 6 heteroatoms. The Bertz CT molecular complexity index is 1400. The SMILES string of the molecule is CCC/C(=C\c1cccc(O)c1)CC[C@H]1OC[C@H]2C1=C(C(C)C)C[C@H]1C(=O)N(C3CCN(Cc4ccccc4)CC3)C(=O)[C@H]12. The van der Waals surface area contributed by atoms with E-state index in [2.05, 4.69) is 56.0 Å². The van der Waals surface area contributed by atoms with E-state index in [0.717, 1.165) is 63.7 Å². The van der Waals surface area contributed by atoms with E-state index < -0.39 is 0 Å². The summed E-state index contributed by atoms with van der Waals surface area (Å²) in [5, 5.41) is 9.94. The van der Waals surface area contributed by atoms with Crippen LogP contribution in [-0.4, -0.2) is 58.6 Å². The zero-order valence-electron chi connectivity index (χ0n) is 26.6. The average Bonchev–Trinajstić information content (AvgIpc) is 3.54. The van der Waals surface area contributed by atoms with Gasteiger partial charge < -0.3 is 9.84 Å². The summed E-state index contributed by atoms with van der Waals surface area (Å²) in [6.07, 6.45) is 8.39. The first-order valence-electron chi connectivity index (χ1n) is 16.8. The van der Waals surface area contributed by atoms with Crippen molar-refractivity contribution < 1.29 is 19.4 Å². The van der Waals surface area contributed by atoms with E-state index in [1.807, 2.05) is 18.2 Å². The van der Waals surface area contributed by atoms with Crippen LogP contribution in [0.25, 0.3) is 6.08 Å². The van der Waals surface area contributed by atoms with Gasteiger partial charge in [0.05, 0.1) is 24.5 Å². The second-order valence-corrected chi connectivity index (χ2v) is 13.6. The molecule has 0 unspecified atom stereocenters. The standard InChI is InChI=1S/C38H48N2O4/c1-4-9-26(20-28-12-8-13-30(41)21-28)14-15-34-35-31(25(2)3)22-32-36(33(35)24-44-34)38(43)40(37(32)42)29-16-18-39(19-17-29)23-27-10-6-5-7-11-27/h5-8,10-13,20-21,25,29,32-34,36,41H,4,9,14-19,22-24H2,1-3H3/b26-20+/t32-,33+,34-,36-/m1/s1. The molecule has 0 saturated carbocycles. The summed E-state index contributed by atoms with van der Waals surface area (Å²) >= 11 is 0. The van der Waals surface area contributed by atoms with Crippen LogP contribution in [0.3, 0.4) is 0 Å². The summed E-state index contributed by atoms with van der Waals surface area (Å²) in [6, 6.07) is 17.9. The Hall–Kier alpha value is -3.22. The lowest BCUT2D eigenvalue weighted by Crippen LogP contribution is -2.47. The highest BCUT2D eigenvalue weighted by molar-refractivity contribution is 6.06. The second-order valence-electron chi connectivity index (χ2n) is 13.6. The third-order valence-corrected chi connectivity index (χ3v) is 10.4. The fraction of sp³-hybridized carbons (Fsp3) is 0.526. The van der Waals surface area contributed by atoms with Crippen LogP contribution >= 0.6 is 0 Å². The van der Waals surface area contributed by atoms with Gasteiger partial charge in [-0.25, -0.2) is 0 Å². The lowest BCUT2D eigenvalue weighted by molar-refractivity contribution is -0.144. The smallest absolute Gasteiger partial charge is 0.234 e. The van der Waals surface area contributed by atoms with E-state index in [-0.39, 0.29) is 47.5 Å². The van der Waals surface area contributed by atoms with Crippen LogP contribution in [0.15, 0.2) is 71.3 Å². The first kappa shape index (κ1) is 30.8. The molecule has 2 aromatic rings. The molecule has 4 atom stereocenters. The molecule has 3 fully saturated rings. The Labute approximate surface area is 262 Å². The number of carbonyl (C=O) groups excluding carboxylic acids is 2. The number of hydrogen-bond acceptors (Lipinski definition) is 5. The molecule has 3 aliphatic heterocycles. The molecule has 6 rings (SSSR count). The number of phenolic OH excluding ortho intramolecular Hbond substituents is 1. The Morgan fingerprint density at radius 2 is 1.77 bits per heavy atom. The molecule has 0 bridgehead atoms. The van der Waals surface area contributed by atoms with Crippen molar-refractivity contribution in [2.24, 2.45) is 23.7 Å². The summed E-state index contributed by atoms with van der Waals surface area (Å²) in [5.41, 5.74) is 6.32. The van der Waals surface area contributed by atoms with Crippen molar-refractivity contribution in [3.8, 4) is 5.75 Å². The molecule has 3 saturated heterocycles. The van der Waals surface area contributed by atoms with Gasteiger partial charge in [0.15, 0.2) is 0 Å². The van der Waals surface area contributed by atoms with E-state index in [1.165, 1.54) is 22.3 Å². The molecule has 0 radical (unpaired) electrons. The number of phenols is 1. The van der Waals surface area contributed by atoms with Crippen LogP contribution < -0.4 is 0 Å². The number of nitrogens with zero attached hydrogens (tertiary/aromatic N) is 2. The lowest BCUT2D eigenvalue weighted by atomic mass is 9.67. The Kier molecular flexibility index (Phi) is 9.39. The number of rotatable bonds is 10. The number of carbonyl (C=O) groups is 2. The fourth-order valence-corrected chi connectivity index (χ4v) is 8.28. The summed E-state index contributed by atoms with van der Waals surface area (Å²) in [5.74, 6) is 0.162. The molecular formula is C38H48N2O4. The van der Waals surface area contributed by atoms with Gasteiger partial charge >= 0.3 is 0 Å². The predicted molar refractivity (Wildman–Crippen MR) is 174 cm³/mol. The highest BCUT2D eigenvalue weighted by Crippen LogP contribution is 2.52. The number of piperidine rings is 1. The highest BCUT2D eigenvalue weighted by atomic mass is 16.5. The molecule has 6 nitrogen and oxygen atoms in total. The van der Waals surface area contributed by atoms with Crippen molar-refractivity contribution in [3.05, 3.63) is 82.4 Å². The molecule has 1 N–H and O–H groups in total. The van der Waals surface area contributed by atoms with Crippen LogP contribution in [0.2, 0.25) is 0 Å². The first-order chi connectivity index (χ1) is 21.3. The highest BCUT2D eigenvalue weighted by Gasteiger charge is 2.58. The van der Waals surface area contributed by atoms with E-state index in [9.17, 15) is 14.7 Å². The van der Waals surface area contributed by atoms with Gasteiger partial charge in [-0.05, 0) is 73.3 Å². The molecule has 4 aliphatic rings. The van der Waals surface area contributed by atoms with Gasteiger partial charge in [0.1, 0.15) is 5.75 Å². The zero-order valence-corrected chi connectivity index (χ0v) is 26.6. The van der Waals surface area contributed by atoms with Crippen LogP contribution in [0.1, 0.15) is 76.8 Å². The van der Waals surface area contributed by atoms with Gasteiger partial charge in [-0.3, -0.25) is 19.4 Å². The summed E-state index contributed by atoms with van der Waals surface area (Å²) < 4.78 is 6.51. The van der Waals surface area contributed by atoms with Gasteiger partial charge in [0, 0.05) is 31.6 Å². The fourth-order valence-electron chi connectivity index (χ4n) is 8.28.